The summed E-state index contributed by atoms with van der Waals surface area (Å²) in [5, 5.41) is 0. The van der Waals surface area contributed by atoms with Crippen LogP contribution < -0.4 is 9.80 Å². The number of aliphatic imine (C=N–C) groups is 1. The highest BCUT2D eigenvalue weighted by Gasteiger charge is 2.33. The number of carbonyl (C=O) groups excluding carboxylic acids is 1. The first-order chi connectivity index (χ1) is 14.4. The minimum atomic E-state index is -0.430. The molecule has 3 aromatic rings. The van der Waals surface area contributed by atoms with E-state index in [0.717, 1.165) is 15.7 Å². The molecule has 0 radical (unpaired) electrons. The van der Waals surface area contributed by atoms with Gasteiger partial charge in [0.05, 0.1) is 11.3 Å². The van der Waals surface area contributed by atoms with E-state index in [2.05, 4.69) is 20.9 Å². The van der Waals surface area contributed by atoms with E-state index in [-0.39, 0.29) is 23.0 Å². The van der Waals surface area contributed by atoms with Gasteiger partial charge in [-0.2, -0.15) is 0 Å². The van der Waals surface area contributed by atoms with Crippen molar-refractivity contribution in [2.24, 2.45) is 4.99 Å². The summed E-state index contributed by atoms with van der Waals surface area (Å²) in [6.45, 7) is 0. The van der Waals surface area contributed by atoms with Gasteiger partial charge in [-0.3, -0.25) is 9.69 Å². The second kappa shape index (κ2) is 8.24. The lowest BCUT2D eigenvalue weighted by Crippen LogP contribution is -2.33. The summed E-state index contributed by atoms with van der Waals surface area (Å²) in [7, 11) is 3.93. The molecule has 1 heterocycles. The van der Waals surface area contributed by atoms with E-state index in [1.54, 1.807) is 30.3 Å². The first-order valence-corrected chi connectivity index (χ1v) is 10.2. The Bertz CT molecular complexity index is 1170. The zero-order valence-electron chi connectivity index (χ0n) is 16.5. The number of carbonyl (C=O) groups is 1. The Hall–Kier alpha value is -3.25. The third kappa shape index (κ3) is 3.91. The van der Waals surface area contributed by atoms with Gasteiger partial charge in [-0.05, 0) is 54.1 Å². The van der Waals surface area contributed by atoms with E-state index < -0.39 is 5.82 Å². The molecule has 1 aliphatic rings. The summed E-state index contributed by atoms with van der Waals surface area (Å²) in [5.41, 5.74) is 3.05. The molecule has 0 spiro atoms. The highest BCUT2D eigenvalue weighted by atomic mass is 79.9. The molecule has 0 aliphatic carbocycles. The number of nitrogens with zero attached hydrogens (tertiary/aromatic N) is 3. The molecule has 4 nitrogen and oxygen atoms in total. The van der Waals surface area contributed by atoms with E-state index in [1.165, 1.54) is 11.0 Å². The normalized spacial score (nSPS) is 14.9. The lowest BCUT2D eigenvalue weighted by molar-refractivity contribution is -0.113. The molecule has 6 heteroatoms. The minimum Gasteiger partial charge on any atom is -0.378 e. The highest BCUT2D eigenvalue weighted by Crippen LogP contribution is 2.30. The van der Waals surface area contributed by atoms with Gasteiger partial charge in [0, 0.05) is 24.3 Å². The number of benzene rings is 3. The van der Waals surface area contributed by atoms with Crippen molar-refractivity contribution >= 4 is 45.1 Å². The summed E-state index contributed by atoms with van der Waals surface area (Å²) in [4.78, 5) is 21.3. The Balaban J connectivity index is 1.81. The Morgan fingerprint density at radius 1 is 1.00 bits per heavy atom. The van der Waals surface area contributed by atoms with Crippen molar-refractivity contribution in [1.29, 1.82) is 0 Å². The summed E-state index contributed by atoms with van der Waals surface area (Å²) in [6.07, 6.45) is 1.72. The molecule has 4 rings (SSSR count). The van der Waals surface area contributed by atoms with Crippen LogP contribution >= 0.6 is 15.9 Å². The van der Waals surface area contributed by atoms with Gasteiger partial charge in [0.1, 0.15) is 11.5 Å². The van der Waals surface area contributed by atoms with Crippen LogP contribution in [-0.2, 0) is 4.79 Å². The van der Waals surface area contributed by atoms with Crippen LogP contribution in [0.4, 0.5) is 15.8 Å². The van der Waals surface area contributed by atoms with Crippen molar-refractivity contribution in [1.82, 2.24) is 0 Å². The first kappa shape index (κ1) is 20.0. The maximum absolute atomic E-state index is 14.6. The van der Waals surface area contributed by atoms with Crippen LogP contribution in [0.3, 0.4) is 0 Å². The highest BCUT2D eigenvalue weighted by molar-refractivity contribution is 9.10. The van der Waals surface area contributed by atoms with Crippen LogP contribution in [0.25, 0.3) is 6.08 Å². The smallest absolute Gasteiger partial charge is 0.282 e. The van der Waals surface area contributed by atoms with E-state index in [1.807, 2.05) is 61.5 Å². The molecular formula is C24H19BrFN3O. The van der Waals surface area contributed by atoms with Crippen molar-refractivity contribution < 1.29 is 9.18 Å². The Morgan fingerprint density at radius 3 is 2.40 bits per heavy atom. The van der Waals surface area contributed by atoms with Crippen LogP contribution in [0.15, 0.2) is 88.0 Å². The first-order valence-electron chi connectivity index (χ1n) is 9.37. The maximum Gasteiger partial charge on any atom is 0.282 e. The van der Waals surface area contributed by atoms with Gasteiger partial charge in [-0.15, -0.1) is 0 Å². The molecule has 1 aliphatic heterocycles. The van der Waals surface area contributed by atoms with Gasteiger partial charge in [-0.25, -0.2) is 9.38 Å². The number of hydrogen-bond donors (Lipinski definition) is 0. The molecule has 0 atom stereocenters. The zero-order chi connectivity index (χ0) is 21.3. The number of halogens is 2. The fourth-order valence-corrected chi connectivity index (χ4v) is 3.61. The van der Waals surface area contributed by atoms with E-state index in [4.69, 9.17) is 0 Å². The van der Waals surface area contributed by atoms with Crippen molar-refractivity contribution in [2.75, 3.05) is 23.9 Å². The molecule has 0 aromatic heterocycles. The van der Waals surface area contributed by atoms with E-state index >= 15 is 0 Å². The summed E-state index contributed by atoms with van der Waals surface area (Å²) in [5.74, 6) is -0.462. The number of amides is 1. The van der Waals surface area contributed by atoms with Gasteiger partial charge < -0.3 is 4.90 Å². The predicted molar refractivity (Wildman–Crippen MR) is 123 cm³/mol. The fraction of sp³-hybridized carbons (Fsp3) is 0.0833. The quantitative estimate of drug-likeness (QED) is 0.479. The SMILES string of the molecule is CN(C)c1ccc(/C=C2/N=C(c3ccccc3F)N(c3cccc(Br)c3)C2=O)cc1. The molecule has 3 aromatic carbocycles. The van der Waals surface area contributed by atoms with Gasteiger partial charge in [-0.1, -0.05) is 46.3 Å². The fourth-order valence-electron chi connectivity index (χ4n) is 3.22. The topological polar surface area (TPSA) is 35.9 Å². The molecule has 0 fully saturated rings. The van der Waals surface area contributed by atoms with Crippen LogP contribution in [0.5, 0.6) is 0 Å². The molecule has 0 bridgehead atoms. The van der Waals surface area contributed by atoms with Crippen molar-refractivity contribution in [3.05, 3.63) is 99.9 Å². The third-order valence-electron chi connectivity index (χ3n) is 4.75. The molecule has 0 saturated heterocycles. The van der Waals surface area contributed by atoms with Gasteiger partial charge >= 0.3 is 0 Å². The Morgan fingerprint density at radius 2 is 1.73 bits per heavy atom. The van der Waals surface area contributed by atoms with Gasteiger partial charge in [0.2, 0.25) is 0 Å². The third-order valence-corrected chi connectivity index (χ3v) is 5.25. The molecule has 0 saturated carbocycles. The Kier molecular flexibility index (Phi) is 5.50. The predicted octanol–water partition coefficient (Wildman–Crippen LogP) is 5.49. The van der Waals surface area contributed by atoms with Crippen molar-refractivity contribution in [3.63, 3.8) is 0 Å². The number of amidine groups is 1. The van der Waals surface area contributed by atoms with Gasteiger partial charge in [0.25, 0.3) is 5.91 Å². The summed E-state index contributed by atoms with van der Waals surface area (Å²) >= 11 is 3.44. The molecule has 30 heavy (non-hydrogen) atoms. The second-order valence-corrected chi connectivity index (χ2v) is 7.97. The monoisotopic (exact) mass is 463 g/mol. The molecular weight excluding hydrogens is 445 g/mol. The lowest BCUT2D eigenvalue weighted by atomic mass is 10.1. The van der Waals surface area contributed by atoms with E-state index in [0.29, 0.717) is 5.69 Å². The Labute approximate surface area is 183 Å². The zero-order valence-corrected chi connectivity index (χ0v) is 18.1. The van der Waals surface area contributed by atoms with Crippen molar-refractivity contribution in [3.8, 4) is 0 Å². The average Bonchev–Trinajstić information content (AvgIpc) is 3.04. The lowest BCUT2D eigenvalue weighted by Gasteiger charge is -2.19. The average molecular weight is 464 g/mol. The molecule has 150 valence electrons. The standard InChI is InChI=1S/C24H19BrFN3O/c1-28(2)18-12-10-16(11-13-18)14-22-24(30)29(19-7-5-6-17(25)15-19)23(27-22)20-8-3-4-9-21(20)26/h3-15H,1-2H3/b22-14+. The number of hydrogen-bond acceptors (Lipinski definition) is 3. The second-order valence-electron chi connectivity index (χ2n) is 7.05. The summed E-state index contributed by atoms with van der Waals surface area (Å²) in [6, 6.07) is 21.4. The van der Waals surface area contributed by atoms with Crippen LogP contribution in [-0.4, -0.2) is 25.8 Å². The molecule has 1 amide bonds. The minimum absolute atomic E-state index is 0.255. The van der Waals surface area contributed by atoms with Gasteiger partial charge in [0.15, 0.2) is 5.84 Å². The van der Waals surface area contributed by atoms with Crippen LogP contribution in [0.2, 0.25) is 0 Å². The number of anilines is 2. The van der Waals surface area contributed by atoms with Crippen molar-refractivity contribution in [2.45, 2.75) is 0 Å². The largest absolute Gasteiger partial charge is 0.378 e. The maximum atomic E-state index is 14.6. The van der Waals surface area contributed by atoms with Crippen LogP contribution in [0, 0.1) is 5.82 Å². The van der Waals surface area contributed by atoms with E-state index in [9.17, 15) is 9.18 Å². The van der Waals surface area contributed by atoms with Crippen LogP contribution in [0.1, 0.15) is 11.1 Å². The summed E-state index contributed by atoms with van der Waals surface area (Å²) < 4.78 is 15.4. The molecule has 0 unspecified atom stereocenters. The molecule has 0 N–H and O–H groups in total. The number of rotatable bonds is 4.